The number of aryl methyl sites for hydroxylation is 3. The summed E-state index contributed by atoms with van der Waals surface area (Å²) in [6.45, 7) is 7.97. The summed E-state index contributed by atoms with van der Waals surface area (Å²) in [5, 5.41) is 7.24. The van der Waals surface area contributed by atoms with Gasteiger partial charge < -0.3 is 9.73 Å². The van der Waals surface area contributed by atoms with Crippen LogP contribution in [0.25, 0.3) is 0 Å². The van der Waals surface area contributed by atoms with Crippen LogP contribution in [0.3, 0.4) is 0 Å². The third-order valence-corrected chi connectivity index (χ3v) is 5.47. The summed E-state index contributed by atoms with van der Waals surface area (Å²) in [6.07, 6.45) is 5.38. The highest BCUT2D eigenvalue weighted by Crippen LogP contribution is 2.29. The number of furan rings is 1. The number of rotatable bonds is 7. The van der Waals surface area contributed by atoms with E-state index in [1.807, 2.05) is 23.9 Å². The van der Waals surface area contributed by atoms with E-state index in [0.717, 1.165) is 56.1 Å². The molecule has 4 rings (SSSR count). The van der Waals surface area contributed by atoms with Gasteiger partial charge in [-0.2, -0.15) is 5.10 Å². The van der Waals surface area contributed by atoms with Gasteiger partial charge in [-0.25, -0.2) is 0 Å². The minimum absolute atomic E-state index is 0.0369. The van der Waals surface area contributed by atoms with Crippen molar-refractivity contribution in [1.29, 1.82) is 0 Å². The first-order valence-electron chi connectivity index (χ1n) is 10.2. The standard InChI is InChI=1S/C23H28N4O2/c1-17-5-7-19(8-6-17)15-26-14-9-21-20(16-26)22(18(2)29-21)23(28)24-10-3-12-27-13-4-11-25-27/h4-8,11,13H,3,9-10,12,14-16H2,1-2H3,(H,24,28). The van der Waals surface area contributed by atoms with E-state index in [0.29, 0.717) is 12.1 Å². The summed E-state index contributed by atoms with van der Waals surface area (Å²) >= 11 is 0. The number of hydrogen-bond acceptors (Lipinski definition) is 4. The molecule has 0 saturated heterocycles. The molecule has 152 valence electrons. The quantitative estimate of drug-likeness (QED) is 0.626. The molecule has 6 nitrogen and oxygen atoms in total. The average Bonchev–Trinajstić information content (AvgIpc) is 3.33. The molecule has 0 fully saturated rings. The Balaban J connectivity index is 1.38. The molecule has 0 spiro atoms. The zero-order valence-corrected chi connectivity index (χ0v) is 17.1. The Labute approximate surface area is 171 Å². The molecule has 1 N–H and O–H groups in total. The molecule has 0 bridgehead atoms. The summed E-state index contributed by atoms with van der Waals surface area (Å²) in [4.78, 5) is 15.2. The van der Waals surface area contributed by atoms with Crippen molar-refractivity contribution in [3.63, 3.8) is 0 Å². The highest BCUT2D eigenvalue weighted by Gasteiger charge is 2.28. The van der Waals surface area contributed by atoms with Crippen molar-refractivity contribution in [2.24, 2.45) is 0 Å². The van der Waals surface area contributed by atoms with Crippen LogP contribution in [-0.4, -0.2) is 33.7 Å². The fourth-order valence-electron chi connectivity index (χ4n) is 3.93. The van der Waals surface area contributed by atoms with Crippen molar-refractivity contribution < 1.29 is 9.21 Å². The van der Waals surface area contributed by atoms with Gasteiger partial charge in [-0.15, -0.1) is 0 Å². The number of hydrogen-bond donors (Lipinski definition) is 1. The Hall–Kier alpha value is -2.86. The van der Waals surface area contributed by atoms with Crippen molar-refractivity contribution in [3.8, 4) is 0 Å². The van der Waals surface area contributed by atoms with Crippen LogP contribution in [0, 0.1) is 13.8 Å². The molecule has 0 radical (unpaired) electrons. The van der Waals surface area contributed by atoms with Gasteiger partial charge in [0.05, 0.1) is 5.56 Å². The molecule has 2 aromatic heterocycles. The van der Waals surface area contributed by atoms with Crippen LogP contribution in [0.1, 0.15) is 45.0 Å². The minimum atomic E-state index is -0.0369. The van der Waals surface area contributed by atoms with E-state index in [2.05, 4.69) is 46.5 Å². The van der Waals surface area contributed by atoms with Crippen LogP contribution in [0.15, 0.2) is 47.1 Å². The zero-order valence-electron chi connectivity index (χ0n) is 17.1. The number of carbonyl (C=O) groups excluding carboxylic acids is 1. The number of nitrogens with one attached hydrogen (secondary N) is 1. The third kappa shape index (κ3) is 4.59. The molecule has 0 saturated carbocycles. The van der Waals surface area contributed by atoms with Gasteiger partial charge in [-0.05, 0) is 31.9 Å². The van der Waals surface area contributed by atoms with E-state index < -0.39 is 0 Å². The Morgan fingerprint density at radius 3 is 2.83 bits per heavy atom. The molecule has 29 heavy (non-hydrogen) atoms. The first kappa shape index (κ1) is 19.5. The maximum absolute atomic E-state index is 12.9. The molecule has 0 aliphatic carbocycles. The molecular formula is C23H28N4O2. The normalized spacial score (nSPS) is 14.0. The molecule has 3 aromatic rings. The topological polar surface area (TPSA) is 63.3 Å². The van der Waals surface area contributed by atoms with Crippen LogP contribution in [0.4, 0.5) is 0 Å². The number of aromatic nitrogens is 2. The minimum Gasteiger partial charge on any atom is -0.465 e. The van der Waals surface area contributed by atoms with Crippen molar-refractivity contribution in [2.45, 2.75) is 46.3 Å². The number of benzene rings is 1. The maximum atomic E-state index is 12.9. The van der Waals surface area contributed by atoms with Gasteiger partial charge in [0.25, 0.3) is 5.91 Å². The third-order valence-electron chi connectivity index (χ3n) is 5.47. The fourth-order valence-corrected chi connectivity index (χ4v) is 3.93. The molecule has 0 atom stereocenters. The monoisotopic (exact) mass is 392 g/mol. The summed E-state index contributed by atoms with van der Waals surface area (Å²) < 4.78 is 7.81. The molecule has 1 aliphatic rings. The lowest BCUT2D eigenvalue weighted by molar-refractivity contribution is 0.0949. The van der Waals surface area contributed by atoms with Crippen LogP contribution >= 0.6 is 0 Å². The average molecular weight is 393 g/mol. The molecular weight excluding hydrogens is 364 g/mol. The second-order valence-electron chi connectivity index (χ2n) is 7.76. The van der Waals surface area contributed by atoms with E-state index in [9.17, 15) is 4.79 Å². The van der Waals surface area contributed by atoms with E-state index in [1.165, 1.54) is 11.1 Å². The molecule has 1 aliphatic heterocycles. The predicted octanol–water partition coefficient (Wildman–Crippen LogP) is 3.47. The van der Waals surface area contributed by atoms with E-state index in [-0.39, 0.29) is 5.91 Å². The SMILES string of the molecule is Cc1ccc(CN2CCc3oc(C)c(C(=O)NCCCn4cccn4)c3C2)cc1. The van der Waals surface area contributed by atoms with E-state index in [4.69, 9.17) is 4.42 Å². The van der Waals surface area contributed by atoms with Crippen molar-refractivity contribution in [2.75, 3.05) is 13.1 Å². The number of fused-ring (bicyclic) bond motifs is 1. The molecule has 0 unspecified atom stereocenters. The summed E-state index contributed by atoms with van der Waals surface area (Å²) in [5.41, 5.74) is 4.33. The fraction of sp³-hybridized carbons (Fsp3) is 0.391. The van der Waals surface area contributed by atoms with E-state index in [1.54, 1.807) is 6.20 Å². The highest BCUT2D eigenvalue weighted by molar-refractivity contribution is 5.97. The number of amides is 1. The maximum Gasteiger partial charge on any atom is 0.255 e. The van der Waals surface area contributed by atoms with Gasteiger partial charge in [0.15, 0.2) is 0 Å². The Kier molecular flexibility index (Phi) is 5.81. The smallest absolute Gasteiger partial charge is 0.255 e. The lowest BCUT2D eigenvalue weighted by Gasteiger charge is -2.26. The largest absolute Gasteiger partial charge is 0.465 e. The van der Waals surface area contributed by atoms with Gasteiger partial charge in [0, 0.05) is 57.1 Å². The number of nitrogens with zero attached hydrogens (tertiary/aromatic N) is 3. The van der Waals surface area contributed by atoms with Crippen molar-refractivity contribution >= 4 is 5.91 Å². The van der Waals surface area contributed by atoms with Crippen LogP contribution in [0.2, 0.25) is 0 Å². The van der Waals surface area contributed by atoms with Crippen LogP contribution in [0.5, 0.6) is 0 Å². The van der Waals surface area contributed by atoms with Gasteiger partial charge in [-0.1, -0.05) is 29.8 Å². The van der Waals surface area contributed by atoms with Gasteiger partial charge >= 0.3 is 0 Å². The second kappa shape index (κ2) is 8.66. The first-order chi connectivity index (χ1) is 14.1. The zero-order chi connectivity index (χ0) is 20.2. The van der Waals surface area contributed by atoms with Gasteiger partial charge in [-0.3, -0.25) is 14.4 Å². The molecule has 1 aromatic carbocycles. The second-order valence-corrected chi connectivity index (χ2v) is 7.76. The Morgan fingerprint density at radius 1 is 1.24 bits per heavy atom. The summed E-state index contributed by atoms with van der Waals surface area (Å²) in [7, 11) is 0. The van der Waals surface area contributed by atoms with Crippen LogP contribution in [-0.2, 0) is 26.1 Å². The molecule has 6 heteroatoms. The van der Waals surface area contributed by atoms with Gasteiger partial charge in [0.1, 0.15) is 11.5 Å². The Morgan fingerprint density at radius 2 is 2.07 bits per heavy atom. The highest BCUT2D eigenvalue weighted by atomic mass is 16.3. The van der Waals surface area contributed by atoms with Crippen molar-refractivity contribution in [3.05, 3.63) is 76.5 Å². The van der Waals surface area contributed by atoms with Crippen LogP contribution < -0.4 is 5.32 Å². The number of carbonyl (C=O) groups is 1. The van der Waals surface area contributed by atoms with E-state index >= 15 is 0 Å². The lowest BCUT2D eigenvalue weighted by Crippen LogP contribution is -2.32. The predicted molar refractivity (Wildman–Crippen MR) is 112 cm³/mol. The van der Waals surface area contributed by atoms with Gasteiger partial charge in [0.2, 0.25) is 0 Å². The first-order valence-corrected chi connectivity index (χ1v) is 10.2. The summed E-state index contributed by atoms with van der Waals surface area (Å²) in [5.74, 6) is 1.64. The lowest BCUT2D eigenvalue weighted by atomic mass is 10.0. The van der Waals surface area contributed by atoms with Crippen molar-refractivity contribution in [1.82, 2.24) is 20.0 Å². The molecule has 3 heterocycles. The summed E-state index contributed by atoms with van der Waals surface area (Å²) in [6, 6.07) is 10.6. The molecule has 1 amide bonds. The Bertz CT molecular complexity index is 958.